The first-order valence-electron chi connectivity index (χ1n) is 28.7. The summed E-state index contributed by atoms with van der Waals surface area (Å²) in [5, 5.41) is 0. The fourth-order valence-electron chi connectivity index (χ4n) is 7.81. The summed E-state index contributed by atoms with van der Waals surface area (Å²) in [6.07, 6.45) is 75.5. The summed E-state index contributed by atoms with van der Waals surface area (Å²) in [6.45, 7) is 6.49. The van der Waals surface area contributed by atoms with Gasteiger partial charge in [0, 0.05) is 19.3 Å². The summed E-state index contributed by atoms with van der Waals surface area (Å²) < 4.78 is 16.8. The highest BCUT2D eigenvalue weighted by Gasteiger charge is 2.19. The van der Waals surface area contributed by atoms with E-state index in [4.69, 9.17) is 14.2 Å². The quantitative estimate of drug-likeness (QED) is 0.0262. The van der Waals surface area contributed by atoms with Crippen LogP contribution in [0.5, 0.6) is 0 Å². The Balaban J connectivity index is 4.28. The molecule has 0 rings (SSSR count). The average molecular weight is 960 g/mol. The Morgan fingerprint density at radius 2 is 0.565 bits per heavy atom. The fraction of sp³-hybridized carbons (Fsp3) is 0.698. The SMILES string of the molecule is CC/C=C\C/C=C\C/C=C\C/C=C\C/C=C\C/C=C\C/C=C\C/C=C\CCCCCCC(=O)OCC(COC(=O)CCCCCCCCCCCC)OC(=O)CCCCCCCCCCCCCC. The van der Waals surface area contributed by atoms with Crippen LogP contribution in [0.15, 0.2) is 97.2 Å². The lowest BCUT2D eigenvalue weighted by atomic mass is 10.0. The highest BCUT2D eigenvalue weighted by molar-refractivity contribution is 5.71. The van der Waals surface area contributed by atoms with E-state index < -0.39 is 6.10 Å². The van der Waals surface area contributed by atoms with Crippen molar-refractivity contribution in [3.05, 3.63) is 97.2 Å². The molecule has 0 radical (unpaired) electrons. The summed E-state index contributed by atoms with van der Waals surface area (Å²) >= 11 is 0. The average Bonchev–Trinajstić information content (AvgIpc) is 3.35. The molecule has 0 N–H and O–H groups in total. The minimum Gasteiger partial charge on any atom is -0.462 e. The van der Waals surface area contributed by atoms with E-state index in [1.807, 2.05) is 0 Å². The van der Waals surface area contributed by atoms with Crippen LogP contribution in [0.2, 0.25) is 0 Å². The van der Waals surface area contributed by atoms with Crippen LogP contribution in [0.3, 0.4) is 0 Å². The van der Waals surface area contributed by atoms with E-state index in [0.29, 0.717) is 19.3 Å². The van der Waals surface area contributed by atoms with Gasteiger partial charge in [-0.05, 0) is 83.5 Å². The molecule has 6 heteroatoms. The van der Waals surface area contributed by atoms with E-state index in [1.54, 1.807) is 0 Å². The van der Waals surface area contributed by atoms with Gasteiger partial charge < -0.3 is 14.2 Å². The molecule has 0 aliphatic carbocycles. The summed E-state index contributed by atoms with van der Waals surface area (Å²) in [5.41, 5.74) is 0. The molecule has 6 nitrogen and oxygen atoms in total. The number of allylic oxidation sites excluding steroid dienone is 16. The van der Waals surface area contributed by atoms with Crippen LogP contribution >= 0.6 is 0 Å². The second-order valence-corrected chi connectivity index (χ2v) is 18.8. The van der Waals surface area contributed by atoms with Gasteiger partial charge in [-0.2, -0.15) is 0 Å². The first-order chi connectivity index (χ1) is 34.0. The van der Waals surface area contributed by atoms with Gasteiger partial charge in [0.15, 0.2) is 6.10 Å². The topological polar surface area (TPSA) is 78.9 Å². The van der Waals surface area contributed by atoms with E-state index in [1.165, 1.54) is 103 Å². The van der Waals surface area contributed by atoms with Crippen molar-refractivity contribution in [1.29, 1.82) is 0 Å². The Morgan fingerprint density at radius 1 is 0.304 bits per heavy atom. The number of rotatable bonds is 51. The summed E-state index contributed by atoms with van der Waals surface area (Å²) in [6, 6.07) is 0. The minimum absolute atomic E-state index is 0.0825. The predicted octanol–water partition coefficient (Wildman–Crippen LogP) is 19.3. The third-order valence-corrected chi connectivity index (χ3v) is 12.1. The number of unbranched alkanes of at least 4 members (excludes halogenated alkanes) is 24. The number of hydrogen-bond donors (Lipinski definition) is 0. The maximum absolute atomic E-state index is 12.8. The first kappa shape index (κ1) is 65.3. The minimum atomic E-state index is -0.784. The van der Waals surface area contributed by atoms with Crippen molar-refractivity contribution in [1.82, 2.24) is 0 Å². The molecular formula is C63H106O6. The normalized spacial score (nSPS) is 12.8. The molecule has 0 aliphatic heterocycles. The molecule has 0 saturated carbocycles. The number of esters is 3. The summed E-state index contributed by atoms with van der Waals surface area (Å²) in [7, 11) is 0. The van der Waals surface area contributed by atoms with E-state index >= 15 is 0 Å². The molecule has 0 amide bonds. The molecule has 0 aromatic carbocycles. The molecule has 0 aliphatic rings. The maximum Gasteiger partial charge on any atom is 0.306 e. The van der Waals surface area contributed by atoms with Crippen molar-refractivity contribution < 1.29 is 28.6 Å². The predicted molar refractivity (Wildman–Crippen MR) is 297 cm³/mol. The Bertz CT molecular complexity index is 1380. The Labute approximate surface area is 426 Å². The van der Waals surface area contributed by atoms with Crippen LogP contribution in [-0.4, -0.2) is 37.2 Å². The number of ether oxygens (including phenoxy) is 3. The zero-order valence-corrected chi connectivity index (χ0v) is 45.0. The van der Waals surface area contributed by atoms with Gasteiger partial charge in [-0.3, -0.25) is 14.4 Å². The lowest BCUT2D eigenvalue weighted by Gasteiger charge is -2.18. The molecule has 0 aromatic rings. The fourth-order valence-corrected chi connectivity index (χ4v) is 7.81. The first-order valence-corrected chi connectivity index (χ1v) is 28.7. The van der Waals surface area contributed by atoms with Crippen molar-refractivity contribution in [3.63, 3.8) is 0 Å². The zero-order chi connectivity index (χ0) is 50.0. The Morgan fingerprint density at radius 3 is 0.884 bits per heavy atom. The number of carbonyl (C=O) groups is 3. The second-order valence-electron chi connectivity index (χ2n) is 18.8. The molecule has 69 heavy (non-hydrogen) atoms. The van der Waals surface area contributed by atoms with Crippen LogP contribution in [0.1, 0.15) is 265 Å². The maximum atomic E-state index is 12.8. The molecular weight excluding hydrogens is 853 g/mol. The molecule has 1 atom stereocenters. The largest absolute Gasteiger partial charge is 0.462 e. The Hall–Kier alpha value is -3.67. The molecule has 0 bridgehead atoms. The van der Waals surface area contributed by atoms with Crippen LogP contribution in [-0.2, 0) is 28.6 Å². The lowest BCUT2D eigenvalue weighted by molar-refractivity contribution is -0.167. The monoisotopic (exact) mass is 959 g/mol. The van der Waals surface area contributed by atoms with Crippen molar-refractivity contribution >= 4 is 17.9 Å². The van der Waals surface area contributed by atoms with E-state index in [-0.39, 0.29) is 31.1 Å². The highest BCUT2D eigenvalue weighted by atomic mass is 16.6. The molecule has 0 aromatic heterocycles. The van der Waals surface area contributed by atoms with Crippen LogP contribution in [0.4, 0.5) is 0 Å². The second kappa shape index (κ2) is 56.9. The molecule has 0 heterocycles. The van der Waals surface area contributed by atoms with Crippen LogP contribution in [0.25, 0.3) is 0 Å². The van der Waals surface area contributed by atoms with Gasteiger partial charge in [-0.1, -0.05) is 259 Å². The number of carbonyl (C=O) groups excluding carboxylic acids is 3. The van der Waals surface area contributed by atoms with Gasteiger partial charge in [0.25, 0.3) is 0 Å². The standard InChI is InChI=1S/C63H106O6/c1-4-7-10-13-16-19-22-24-25-26-27-28-29-30-31-32-33-34-35-36-37-38-39-40-42-44-47-50-53-56-62(65)68-59-60(58-67-61(64)55-52-49-46-43-21-18-15-12-9-6-3)69-63(66)57-54-51-48-45-41-23-20-17-14-11-8-5-2/h7,10,16,19,24-25,27-28,30-31,33-34,36-37,39-40,60H,4-6,8-9,11-15,17-18,20-23,26,29,32,35,38,41-59H2,1-3H3/b10-7-,19-16-,25-24-,28-27-,31-30-,34-33-,37-36-,40-39-. The molecule has 1 unspecified atom stereocenters. The van der Waals surface area contributed by atoms with Crippen LogP contribution < -0.4 is 0 Å². The zero-order valence-electron chi connectivity index (χ0n) is 45.0. The van der Waals surface area contributed by atoms with Gasteiger partial charge in [-0.25, -0.2) is 0 Å². The third kappa shape index (κ3) is 55.1. The van der Waals surface area contributed by atoms with E-state index in [2.05, 4.69) is 118 Å². The smallest absolute Gasteiger partial charge is 0.306 e. The third-order valence-electron chi connectivity index (χ3n) is 12.1. The van der Waals surface area contributed by atoms with Crippen molar-refractivity contribution in [3.8, 4) is 0 Å². The van der Waals surface area contributed by atoms with Crippen molar-refractivity contribution in [2.24, 2.45) is 0 Å². The van der Waals surface area contributed by atoms with Gasteiger partial charge in [0.1, 0.15) is 13.2 Å². The van der Waals surface area contributed by atoms with Crippen molar-refractivity contribution in [2.45, 2.75) is 271 Å². The molecule has 0 spiro atoms. The molecule has 0 fully saturated rings. The Kier molecular flexibility index (Phi) is 53.9. The molecule has 394 valence electrons. The van der Waals surface area contributed by atoms with E-state index in [9.17, 15) is 14.4 Å². The van der Waals surface area contributed by atoms with Crippen LogP contribution in [0, 0.1) is 0 Å². The number of hydrogen-bond acceptors (Lipinski definition) is 6. The van der Waals surface area contributed by atoms with Crippen molar-refractivity contribution in [2.75, 3.05) is 13.2 Å². The highest BCUT2D eigenvalue weighted by Crippen LogP contribution is 2.15. The van der Waals surface area contributed by atoms with Gasteiger partial charge in [0.2, 0.25) is 0 Å². The van der Waals surface area contributed by atoms with Gasteiger partial charge in [-0.15, -0.1) is 0 Å². The summed E-state index contributed by atoms with van der Waals surface area (Å²) in [5.74, 6) is -0.907. The lowest BCUT2D eigenvalue weighted by Crippen LogP contribution is -2.30. The van der Waals surface area contributed by atoms with Gasteiger partial charge >= 0.3 is 17.9 Å². The van der Waals surface area contributed by atoms with Gasteiger partial charge in [0.05, 0.1) is 0 Å². The van der Waals surface area contributed by atoms with E-state index in [0.717, 1.165) is 122 Å². The molecule has 0 saturated heterocycles. The summed E-state index contributed by atoms with van der Waals surface area (Å²) in [4.78, 5) is 38.0.